The zero-order chi connectivity index (χ0) is 32.1. The third kappa shape index (κ3) is 8.04. The Morgan fingerprint density at radius 1 is 1.00 bits per heavy atom. The largest absolute Gasteiger partial charge is 0.489 e. The van der Waals surface area contributed by atoms with E-state index in [9.17, 15) is 8.42 Å². The molecule has 5 rings (SSSR count). The molecule has 0 atom stereocenters. The van der Waals surface area contributed by atoms with E-state index in [4.69, 9.17) is 21.3 Å². The number of rotatable bonds is 9. The molecule has 1 saturated carbocycles. The van der Waals surface area contributed by atoms with E-state index in [1.54, 1.807) is 44.2 Å². The van der Waals surface area contributed by atoms with Gasteiger partial charge in [-0.25, -0.2) is 13.4 Å². The first-order chi connectivity index (χ1) is 21.5. The van der Waals surface area contributed by atoms with Crippen molar-refractivity contribution in [2.75, 3.05) is 23.7 Å². The van der Waals surface area contributed by atoms with Crippen molar-refractivity contribution < 1.29 is 13.2 Å². The minimum Gasteiger partial charge on any atom is -0.489 e. The van der Waals surface area contributed by atoms with Gasteiger partial charge in [0.1, 0.15) is 11.6 Å². The number of hydrogen-bond donors (Lipinski definition) is 2. The van der Waals surface area contributed by atoms with Gasteiger partial charge in [0.15, 0.2) is 15.7 Å². The molecular weight excluding hydrogens is 604 g/mol. The van der Waals surface area contributed by atoms with Gasteiger partial charge in [0.05, 0.1) is 32.7 Å². The molecule has 0 amide bonds. The van der Waals surface area contributed by atoms with Crippen molar-refractivity contribution in [3.05, 3.63) is 76.3 Å². The van der Waals surface area contributed by atoms with E-state index in [1.165, 1.54) is 62.7 Å². The molecule has 2 aromatic carbocycles. The van der Waals surface area contributed by atoms with Crippen molar-refractivity contribution in [2.45, 2.75) is 108 Å². The number of nitrogens with one attached hydrogen (secondary N) is 2. The van der Waals surface area contributed by atoms with Gasteiger partial charge in [-0.2, -0.15) is 0 Å². The molecule has 9 heteroatoms. The van der Waals surface area contributed by atoms with Crippen molar-refractivity contribution in [1.82, 2.24) is 4.90 Å². The van der Waals surface area contributed by atoms with Gasteiger partial charge in [-0.05, 0) is 134 Å². The molecule has 0 spiro atoms. The summed E-state index contributed by atoms with van der Waals surface area (Å²) in [5.74, 6) is 2.29. The van der Waals surface area contributed by atoms with Crippen molar-refractivity contribution in [3.8, 4) is 5.75 Å². The third-order valence-corrected chi connectivity index (χ3v) is 11.5. The molecule has 0 radical (unpaired) electrons. The molecule has 242 valence electrons. The Bertz CT molecular complexity index is 1610. The van der Waals surface area contributed by atoms with Crippen LogP contribution in [0.2, 0.25) is 0 Å². The summed E-state index contributed by atoms with van der Waals surface area (Å²) in [4.78, 5) is 7.78. The summed E-state index contributed by atoms with van der Waals surface area (Å²) in [6.45, 7) is 12.1. The van der Waals surface area contributed by atoms with Crippen LogP contribution in [-0.4, -0.2) is 49.6 Å². The quantitative estimate of drug-likeness (QED) is 0.265. The third-order valence-electron chi connectivity index (χ3n) is 8.97. The second kappa shape index (κ2) is 14.6. The van der Waals surface area contributed by atoms with Crippen LogP contribution in [0, 0.1) is 6.92 Å². The van der Waals surface area contributed by atoms with Crippen molar-refractivity contribution in [3.63, 3.8) is 0 Å². The lowest BCUT2D eigenvalue weighted by Gasteiger charge is -2.35. The van der Waals surface area contributed by atoms with E-state index in [0.717, 1.165) is 17.5 Å². The summed E-state index contributed by atoms with van der Waals surface area (Å²) in [6.07, 6.45) is 11.6. The van der Waals surface area contributed by atoms with Crippen LogP contribution in [0.15, 0.2) is 75.0 Å². The number of anilines is 2. The van der Waals surface area contributed by atoms with E-state index < -0.39 is 15.1 Å². The summed E-state index contributed by atoms with van der Waals surface area (Å²) < 4.78 is 32.6. The van der Waals surface area contributed by atoms with Crippen LogP contribution in [-0.2, 0) is 9.84 Å². The van der Waals surface area contributed by atoms with Gasteiger partial charge >= 0.3 is 0 Å². The molecule has 0 aromatic heterocycles. The Balaban J connectivity index is 1.42. The van der Waals surface area contributed by atoms with E-state index in [-0.39, 0.29) is 11.0 Å². The van der Waals surface area contributed by atoms with Gasteiger partial charge in [0, 0.05) is 18.5 Å². The maximum atomic E-state index is 13.1. The molecule has 3 aliphatic rings. The van der Waals surface area contributed by atoms with Crippen LogP contribution in [0.3, 0.4) is 0 Å². The Morgan fingerprint density at radius 3 is 2.40 bits per heavy atom. The predicted octanol–water partition coefficient (Wildman–Crippen LogP) is 8.53. The zero-order valence-corrected chi connectivity index (χ0v) is 28.8. The number of para-hydroxylation sites is 1. The minimum atomic E-state index is -3.54. The molecule has 2 fully saturated rings. The number of benzene rings is 2. The van der Waals surface area contributed by atoms with Gasteiger partial charge < -0.3 is 20.3 Å². The minimum absolute atomic E-state index is 0.0000799. The number of amidine groups is 1. The standard InChI is InChI=1S/C36H47ClN4O3S/c1-24(2)44-33-23-29(27-16-18-28(19-17-27)41-20-10-11-21-41)26(5)22-32(33)38-35-15-9-6-12-30(37)36(40-35)39-31-13-7-8-14-34(31)45(42,43)25(3)4/h7-9,12-14,22-25,27-28,39H,10-11,15-21H2,1-5H3,(H,38,40)/b36-30+. The second-order valence-corrected chi connectivity index (χ2v) is 15.8. The monoisotopic (exact) mass is 650 g/mol. The van der Waals surface area contributed by atoms with Gasteiger partial charge in [-0.15, -0.1) is 5.73 Å². The molecular formula is C36H47ClN4O3S. The summed E-state index contributed by atoms with van der Waals surface area (Å²) in [5.41, 5.74) is 6.97. The lowest BCUT2D eigenvalue weighted by Crippen LogP contribution is -2.35. The molecule has 2 aliphatic heterocycles. The molecule has 1 saturated heterocycles. The summed E-state index contributed by atoms with van der Waals surface area (Å²) >= 11 is 6.66. The van der Waals surface area contributed by atoms with Crippen LogP contribution >= 0.6 is 11.6 Å². The average Bonchev–Trinajstić information content (AvgIpc) is 3.54. The number of halogens is 1. The maximum absolute atomic E-state index is 13.1. The van der Waals surface area contributed by atoms with Crippen LogP contribution in [0.1, 0.15) is 89.7 Å². The van der Waals surface area contributed by atoms with E-state index in [1.807, 2.05) is 19.9 Å². The van der Waals surface area contributed by atoms with Crippen LogP contribution in [0.4, 0.5) is 11.4 Å². The summed E-state index contributed by atoms with van der Waals surface area (Å²) in [7, 11) is -3.54. The van der Waals surface area contributed by atoms with E-state index in [0.29, 0.717) is 34.7 Å². The Labute approximate surface area is 274 Å². The van der Waals surface area contributed by atoms with Gasteiger partial charge in [-0.3, -0.25) is 0 Å². The molecule has 2 heterocycles. The molecule has 45 heavy (non-hydrogen) atoms. The van der Waals surface area contributed by atoms with Crippen LogP contribution in [0.25, 0.3) is 0 Å². The summed E-state index contributed by atoms with van der Waals surface area (Å²) in [5, 5.41) is 6.46. The first kappa shape index (κ1) is 33.3. The Kier molecular flexibility index (Phi) is 10.8. The molecule has 0 unspecified atom stereocenters. The fourth-order valence-electron chi connectivity index (χ4n) is 6.56. The molecule has 0 bridgehead atoms. The highest BCUT2D eigenvalue weighted by Crippen LogP contribution is 2.41. The highest BCUT2D eigenvalue weighted by molar-refractivity contribution is 7.92. The van der Waals surface area contributed by atoms with E-state index >= 15 is 0 Å². The van der Waals surface area contributed by atoms with Gasteiger partial charge in [-0.1, -0.05) is 23.7 Å². The number of ether oxygens (including phenoxy) is 1. The first-order valence-corrected chi connectivity index (χ1v) is 18.3. The number of sulfone groups is 1. The highest BCUT2D eigenvalue weighted by atomic mass is 35.5. The topological polar surface area (TPSA) is 83.0 Å². The molecule has 1 aliphatic carbocycles. The zero-order valence-electron chi connectivity index (χ0n) is 27.2. The van der Waals surface area contributed by atoms with Gasteiger partial charge in [0.2, 0.25) is 0 Å². The fraction of sp³-hybridized carbons (Fsp3) is 0.500. The van der Waals surface area contributed by atoms with Crippen molar-refractivity contribution in [2.24, 2.45) is 4.99 Å². The van der Waals surface area contributed by atoms with Crippen molar-refractivity contribution in [1.29, 1.82) is 0 Å². The fourth-order valence-corrected chi connectivity index (χ4v) is 7.92. The highest BCUT2D eigenvalue weighted by Gasteiger charge is 2.29. The number of hydrogen-bond acceptors (Lipinski definition) is 7. The first-order valence-electron chi connectivity index (χ1n) is 16.3. The van der Waals surface area contributed by atoms with Crippen LogP contribution < -0.4 is 15.4 Å². The van der Waals surface area contributed by atoms with Gasteiger partial charge in [0.25, 0.3) is 0 Å². The second-order valence-electron chi connectivity index (χ2n) is 12.9. The Hall–Kier alpha value is -3.03. The predicted molar refractivity (Wildman–Crippen MR) is 186 cm³/mol. The molecule has 7 nitrogen and oxygen atoms in total. The lowest BCUT2D eigenvalue weighted by atomic mass is 9.79. The maximum Gasteiger partial charge on any atom is 0.182 e. The SMILES string of the molecule is Cc1cc(N/C2=N/C(Nc3ccccc3S(=O)(=O)C(C)C)=C(/Cl)C=C=CC2)c(OC(C)C)cc1C1CCC(N2CCCC2)CC1. The number of aliphatic imine (C=N–C) groups is 1. The molecule has 2 aromatic rings. The number of likely N-dealkylation sites (tertiary alicyclic amines) is 1. The normalized spacial score (nSPS) is 24.0. The van der Waals surface area contributed by atoms with E-state index in [2.05, 4.69) is 40.3 Å². The van der Waals surface area contributed by atoms with Crippen LogP contribution in [0.5, 0.6) is 5.75 Å². The number of allylic oxidation sites excluding steroid dienone is 1. The lowest BCUT2D eigenvalue weighted by molar-refractivity contribution is 0.181. The average molecular weight is 651 g/mol. The number of nitrogens with zero attached hydrogens (tertiary/aromatic N) is 2. The summed E-state index contributed by atoms with van der Waals surface area (Å²) in [6, 6.07) is 12.0. The molecule has 2 N–H and O–H groups in total. The smallest absolute Gasteiger partial charge is 0.182 e. The Morgan fingerprint density at radius 2 is 1.71 bits per heavy atom. The number of aryl methyl sites for hydroxylation is 1. The van der Waals surface area contributed by atoms with Crippen molar-refractivity contribution >= 4 is 38.6 Å².